The van der Waals surface area contributed by atoms with Gasteiger partial charge in [-0.15, -0.1) is 0 Å². The van der Waals surface area contributed by atoms with Gasteiger partial charge in [-0.05, 0) is 42.0 Å². The highest BCUT2D eigenvalue weighted by Crippen LogP contribution is 2.51. The van der Waals surface area contributed by atoms with E-state index in [1.807, 2.05) is 0 Å². The summed E-state index contributed by atoms with van der Waals surface area (Å²) in [6.07, 6.45) is 0.814. The van der Waals surface area contributed by atoms with Crippen molar-refractivity contribution in [3.05, 3.63) is 112 Å². The Labute approximate surface area is 204 Å². The molecule has 0 bridgehead atoms. The molecule has 174 valence electrons. The van der Waals surface area contributed by atoms with E-state index in [4.69, 9.17) is 21.1 Å². The summed E-state index contributed by atoms with van der Waals surface area (Å²) in [6.45, 7) is 0. The first-order valence-corrected chi connectivity index (χ1v) is 11.2. The molecule has 2 aliphatic rings. The topological polar surface area (TPSA) is 78.3 Å². The molecule has 0 unspecified atom stereocenters. The molecule has 1 aromatic heterocycles. The minimum absolute atomic E-state index is 0.371. The molecule has 4 aromatic rings. The van der Waals surface area contributed by atoms with Crippen LogP contribution in [0, 0.1) is 5.82 Å². The summed E-state index contributed by atoms with van der Waals surface area (Å²) in [4.78, 5) is 16.3. The van der Waals surface area contributed by atoms with Crippen molar-refractivity contribution in [2.45, 2.75) is 12.1 Å². The molecule has 0 saturated carbocycles. The monoisotopic (exact) mass is 488 g/mol. The summed E-state index contributed by atoms with van der Waals surface area (Å²) >= 11 is 6.34. The van der Waals surface area contributed by atoms with E-state index in [0.717, 1.165) is 22.4 Å². The summed E-state index contributed by atoms with van der Waals surface area (Å²) in [6, 6.07) is 18.3. The molecule has 0 saturated heterocycles. The van der Waals surface area contributed by atoms with E-state index in [1.165, 1.54) is 19.5 Å². The first-order valence-electron chi connectivity index (χ1n) is 10.8. The largest absolute Gasteiger partial charge is 0.480 e. The number of rotatable bonds is 3. The van der Waals surface area contributed by atoms with Crippen molar-refractivity contribution < 1.29 is 18.7 Å². The normalized spacial score (nSPS) is 18.0. The number of ether oxygens (including phenoxy) is 2. The van der Waals surface area contributed by atoms with Crippen molar-refractivity contribution in [3.63, 3.8) is 0 Å². The van der Waals surface area contributed by atoms with E-state index in [-0.39, 0.29) is 5.82 Å². The van der Waals surface area contributed by atoms with E-state index >= 15 is 4.39 Å². The molecule has 7 nitrogen and oxygen atoms in total. The van der Waals surface area contributed by atoms with E-state index in [1.54, 1.807) is 65.3 Å². The second-order valence-electron chi connectivity index (χ2n) is 8.16. The third kappa shape index (κ3) is 3.45. The maximum absolute atomic E-state index is 15.2. The van der Waals surface area contributed by atoms with Gasteiger partial charge in [-0.1, -0.05) is 41.9 Å². The Hall–Kier alpha value is -4.17. The average Bonchev–Trinajstić information content (AvgIpc) is 3.36. The van der Waals surface area contributed by atoms with Crippen LogP contribution in [-0.2, 0) is 4.74 Å². The van der Waals surface area contributed by atoms with Gasteiger partial charge < -0.3 is 14.8 Å². The quantitative estimate of drug-likeness (QED) is 0.388. The number of hydrogen-bond donors (Lipinski definition) is 1. The molecule has 1 N–H and O–H groups in total. The second-order valence-corrected chi connectivity index (χ2v) is 8.60. The van der Waals surface area contributed by atoms with Crippen LogP contribution in [0.15, 0.2) is 78.6 Å². The number of anilines is 1. The molecular weight excluding hydrogens is 471 g/mol. The van der Waals surface area contributed by atoms with Crippen LogP contribution in [0.25, 0.3) is 5.70 Å². The Balaban J connectivity index is 1.59. The van der Waals surface area contributed by atoms with Crippen molar-refractivity contribution in [1.29, 1.82) is 0 Å². The van der Waals surface area contributed by atoms with Crippen LogP contribution in [0.2, 0.25) is 5.02 Å². The Bertz CT molecular complexity index is 1500. The van der Waals surface area contributed by atoms with Gasteiger partial charge in [0.1, 0.15) is 30.0 Å². The fourth-order valence-electron chi connectivity index (χ4n) is 4.62. The number of fused-ring (bicyclic) bond motifs is 3. The zero-order valence-corrected chi connectivity index (χ0v) is 19.2. The summed E-state index contributed by atoms with van der Waals surface area (Å²) in [5, 5.41) is 8.29. The predicted octanol–water partition coefficient (Wildman–Crippen LogP) is 5.42. The van der Waals surface area contributed by atoms with Crippen LogP contribution in [0.3, 0.4) is 0 Å². The third-order valence-electron chi connectivity index (χ3n) is 6.21. The Morgan fingerprint density at radius 2 is 1.94 bits per heavy atom. The molecule has 0 fully saturated rings. The van der Waals surface area contributed by atoms with Gasteiger partial charge in [0.15, 0.2) is 0 Å². The zero-order valence-electron chi connectivity index (χ0n) is 18.4. The van der Waals surface area contributed by atoms with Gasteiger partial charge in [-0.25, -0.2) is 13.9 Å². The summed E-state index contributed by atoms with van der Waals surface area (Å²) < 4.78 is 28.1. The predicted molar refractivity (Wildman–Crippen MR) is 128 cm³/mol. The van der Waals surface area contributed by atoms with Crippen molar-refractivity contribution in [1.82, 2.24) is 14.8 Å². The molecule has 0 radical (unpaired) electrons. The molecule has 6 rings (SSSR count). The van der Waals surface area contributed by atoms with Crippen LogP contribution in [0.1, 0.15) is 39.2 Å². The summed E-state index contributed by atoms with van der Waals surface area (Å²) in [5.74, 6) is 0.286. The maximum Gasteiger partial charge on any atom is 0.337 e. The lowest BCUT2D eigenvalue weighted by atomic mass is 9.84. The van der Waals surface area contributed by atoms with Crippen molar-refractivity contribution in [3.8, 4) is 5.75 Å². The van der Waals surface area contributed by atoms with Crippen LogP contribution in [0.4, 0.5) is 10.3 Å². The van der Waals surface area contributed by atoms with E-state index in [0.29, 0.717) is 27.8 Å². The zero-order chi connectivity index (χ0) is 24.1. The van der Waals surface area contributed by atoms with E-state index in [9.17, 15) is 4.79 Å². The van der Waals surface area contributed by atoms with Crippen LogP contribution in [-0.4, -0.2) is 27.8 Å². The second kappa shape index (κ2) is 8.25. The first-order chi connectivity index (χ1) is 17.0. The number of nitrogens with zero attached hydrogens (tertiary/aromatic N) is 3. The average molecular weight is 489 g/mol. The van der Waals surface area contributed by atoms with E-state index < -0.39 is 18.1 Å². The number of hydrogen-bond acceptors (Lipinski definition) is 6. The molecule has 9 heteroatoms. The minimum Gasteiger partial charge on any atom is -0.480 e. The van der Waals surface area contributed by atoms with Crippen LogP contribution < -0.4 is 10.1 Å². The van der Waals surface area contributed by atoms with Gasteiger partial charge in [0.25, 0.3) is 0 Å². The van der Waals surface area contributed by atoms with Crippen molar-refractivity contribution in [2.24, 2.45) is 0 Å². The molecule has 0 aliphatic carbocycles. The fourth-order valence-corrected chi connectivity index (χ4v) is 4.80. The highest BCUT2D eigenvalue weighted by atomic mass is 35.5. The van der Waals surface area contributed by atoms with Gasteiger partial charge in [-0.3, -0.25) is 0 Å². The number of carbonyl (C=O) groups excluding carboxylic acids is 1. The Morgan fingerprint density at radius 1 is 1.14 bits per heavy atom. The molecule has 2 aliphatic heterocycles. The number of carbonyl (C=O) groups is 1. The smallest absolute Gasteiger partial charge is 0.337 e. The summed E-state index contributed by atoms with van der Waals surface area (Å²) in [5.41, 5.74) is 3.83. The lowest BCUT2D eigenvalue weighted by Gasteiger charge is -2.39. The molecule has 2 atom stereocenters. The maximum atomic E-state index is 15.2. The molecule has 3 aromatic carbocycles. The van der Waals surface area contributed by atoms with E-state index in [2.05, 4.69) is 15.4 Å². The van der Waals surface area contributed by atoms with Gasteiger partial charge in [0.05, 0.1) is 18.4 Å². The number of halogens is 2. The lowest BCUT2D eigenvalue weighted by Crippen LogP contribution is -2.32. The van der Waals surface area contributed by atoms with Crippen LogP contribution >= 0.6 is 11.6 Å². The fraction of sp³-hybridized carbons (Fsp3) is 0.115. The number of aromatic nitrogens is 3. The highest BCUT2D eigenvalue weighted by molar-refractivity contribution is 6.30. The van der Waals surface area contributed by atoms with Gasteiger partial charge >= 0.3 is 5.97 Å². The third-order valence-corrected chi connectivity index (χ3v) is 6.45. The number of nitrogens with one attached hydrogen (secondary N) is 1. The van der Waals surface area contributed by atoms with Crippen molar-refractivity contribution in [2.75, 3.05) is 12.4 Å². The Kier molecular flexibility index (Phi) is 5.04. The van der Waals surface area contributed by atoms with Gasteiger partial charge in [0, 0.05) is 21.7 Å². The van der Waals surface area contributed by atoms with Crippen LogP contribution in [0.5, 0.6) is 5.75 Å². The molecule has 0 amide bonds. The number of esters is 1. The van der Waals surface area contributed by atoms with Gasteiger partial charge in [-0.2, -0.15) is 10.1 Å². The number of benzene rings is 3. The lowest BCUT2D eigenvalue weighted by molar-refractivity contribution is 0.0600. The highest BCUT2D eigenvalue weighted by Gasteiger charge is 2.41. The molecule has 0 spiro atoms. The summed E-state index contributed by atoms with van der Waals surface area (Å²) in [7, 11) is 1.34. The molecule has 3 heterocycles. The van der Waals surface area contributed by atoms with Crippen molar-refractivity contribution >= 4 is 29.2 Å². The molecular formula is C26H18ClFN4O3. The Morgan fingerprint density at radius 3 is 2.71 bits per heavy atom. The first kappa shape index (κ1) is 21.4. The molecule has 35 heavy (non-hydrogen) atoms. The standard InChI is InChI=1S/C26H18ClFN4O3/c1-34-25(33)15-8-6-14(7-9-15)24-21-22(18-12-16(27)10-11-20(18)35-24)31-26-29-13-30-32(26)23(21)17-4-2-3-5-19(17)28/h2-13,23-24H,1H3,(H,29,30,31)/t23-,24-/m0/s1. The number of methoxy groups -OCH3 is 1. The van der Waals surface area contributed by atoms with Gasteiger partial charge in [0.2, 0.25) is 5.95 Å². The SMILES string of the molecule is COC(=O)c1ccc([C@@H]2Oc3ccc(Cl)cc3C3=C2[C@H](c2ccccc2F)n2ncnc2N3)cc1. The minimum atomic E-state index is -0.637.